The lowest BCUT2D eigenvalue weighted by atomic mass is 10.1. The third kappa shape index (κ3) is 3.09. The molecule has 21 heavy (non-hydrogen) atoms. The fourth-order valence-electron chi connectivity index (χ4n) is 3.22. The van der Waals surface area contributed by atoms with Crippen LogP contribution in [0.2, 0.25) is 0 Å². The van der Waals surface area contributed by atoms with Gasteiger partial charge in [-0.1, -0.05) is 30.3 Å². The van der Waals surface area contributed by atoms with Gasteiger partial charge in [-0.15, -0.1) is 0 Å². The van der Waals surface area contributed by atoms with Crippen LogP contribution in [0.3, 0.4) is 0 Å². The summed E-state index contributed by atoms with van der Waals surface area (Å²) in [6.45, 7) is 4.50. The van der Waals surface area contributed by atoms with Crippen molar-refractivity contribution in [1.29, 1.82) is 0 Å². The largest absolute Gasteiger partial charge is 0.341 e. The zero-order valence-electron chi connectivity index (χ0n) is 12.5. The van der Waals surface area contributed by atoms with Crippen LogP contribution in [0.25, 0.3) is 0 Å². The lowest BCUT2D eigenvalue weighted by molar-refractivity contribution is -0.133. The summed E-state index contributed by atoms with van der Waals surface area (Å²) in [6.07, 6.45) is 1.85. The molecule has 1 saturated heterocycles. The van der Waals surface area contributed by atoms with Gasteiger partial charge in [0.15, 0.2) is 0 Å². The minimum absolute atomic E-state index is 0.109. The minimum Gasteiger partial charge on any atom is -0.341 e. The topological polar surface area (TPSA) is 40.6 Å². The van der Waals surface area contributed by atoms with E-state index in [1.165, 1.54) is 5.56 Å². The quantitative estimate of drug-likeness (QED) is 0.833. The summed E-state index contributed by atoms with van der Waals surface area (Å²) >= 11 is 0. The van der Waals surface area contributed by atoms with Crippen molar-refractivity contribution in [1.82, 2.24) is 9.80 Å². The maximum Gasteiger partial charge on any atom is 0.226 e. The SMILES string of the molecule is CC(=O)N1CCCN(C(=O)C2CC2c2ccccc2)CC1. The van der Waals surface area contributed by atoms with Crippen LogP contribution in [0, 0.1) is 5.92 Å². The standard InChI is InChI=1S/C17H22N2O2/c1-13(20)18-8-5-9-19(11-10-18)17(21)16-12-15(16)14-6-3-2-4-7-14/h2-4,6-7,15-16H,5,8-12H2,1H3. The molecule has 0 bridgehead atoms. The minimum atomic E-state index is 0.109. The molecule has 1 saturated carbocycles. The van der Waals surface area contributed by atoms with Gasteiger partial charge in [0.1, 0.15) is 0 Å². The van der Waals surface area contributed by atoms with Crippen LogP contribution in [-0.4, -0.2) is 47.8 Å². The second-order valence-corrected chi connectivity index (χ2v) is 6.04. The predicted molar refractivity (Wildman–Crippen MR) is 80.7 cm³/mol. The van der Waals surface area contributed by atoms with Crippen molar-refractivity contribution in [3.05, 3.63) is 35.9 Å². The van der Waals surface area contributed by atoms with E-state index in [-0.39, 0.29) is 17.7 Å². The summed E-state index contributed by atoms with van der Waals surface area (Å²) in [6, 6.07) is 10.3. The van der Waals surface area contributed by atoms with Gasteiger partial charge in [-0.3, -0.25) is 9.59 Å². The van der Waals surface area contributed by atoms with E-state index in [9.17, 15) is 9.59 Å². The molecular formula is C17H22N2O2. The third-order valence-electron chi connectivity index (χ3n) is 4.59. The van der Waals surface area contributed by atoms with Gasteiger partial charge >= 0.3 is 0 Å². The highest BCUT2D eigenvalue weighted by Crippen LogP contribution is 2.48. The van der Waals surface area contributed by atoms with Gasteiger partial charge in [-0.25, -0.2) is 0 Å². The first-order valence-electron chi connectivity index (χ1n) is 7.76. The maximum absolute atomic E-state index is 12.6. The van der Waals surface area contributed by atoms with E-state index in [4.69, 9.17) is 0 Å². The highest BCUT2D eigenvalue weighted by Gasteiger charge is 2.45. The Morgan fingerprint density at radius 1 is 1.00 bits per heavy atom. The first kappa shape index (κ1) is 14.1. The average Bonchev–Trinajstić information content (AvgIpc) is 3.31. The molecular weight excluding hydrogens is 264 g/mol. The van der Waals surface area contributed by atoms with Crippen LogP contribution < -0.4 is 0 Å². The van der Waals surface area contributed by atoms with Crippen molar-refractivity contribution >= 4 is 11.8 Å². The molecule has 4 heteroatoms. The lowest BCUT2D eigenvalue weighted by Crippen LogP contribution is -2.37. The Labute approximate surface area is 125 Å². The molecule has 2 aliphatic rings. The Morgan fingerprint density at radius 2 is 1.67 bits per heavy atom. The molecule has 112 valence electrons. The Kier molecular flexibility index (Phi) is 3.95. The van der Waals surface area contributed by atoms with Crippen molar-refractivity contribution in [3.8, 4) is 0 Å². The molecule has 0 radical (unpaired) electrons. The molecule has 4 nitrogen and oxygen atoms in total. The van der Waals surface area contributed by atoms with Crippen LogP contribution in [0.1, 0.15) is 31.2 Å². The van der Waals surface area contributed by atoms with Crippen LogP contribution in [0.15, 0.2) is 30.3 Å². The van der Waals surface area contributed by atoms with Crippen molar-refractivity contribution in [2.45, 2.75) is 25.7 Å². The molecule has 2 unspecified atom stereocenters. The van der Waals surface area contributed by atoms with E-state index in [2.05, 4.69) is 12.1 Å². The Morgan fingerprint density at radius 3 is 2.38 bits per heavy atom. The van der Waals surface area contributed by atoms with Crippen molar-refractivity contribution in [3.63, 3.8) is 0 Å². The van der Waals surface area contributed by atoms with Crippen molar-refractivity contribution in [2.75, 3.05) is 26.2 Å². The van der Waals surface area contributed by atoms with Gasteiger partial charge in [-0.2, -0.15) is 0 Å². The molecule has 2 amide bonds. The number of hydrogen-bond donors (Lipinski definition) is 0. The number of benzene rings is 1. The fourth-order valence-corrected chi connectivity index (χ4v) is 3.22. The second-order valence-electron chi connectivity index (χ2n) is 6.04. The summed E-state index contributed by atoms with van der Waals surface area (Å²) in [5.41, 5.74) is 1.27. The third-order valence-corrected chi connectivity index (χ3v) is 4.59. The van der Waals surface area contributed by atoms with Crippen LogP contribution >= 0.6 is 0 Å². The van der Waals surface area contributed by atoms with E-state index in [0.29, 0.717) is 19.0 Å². The monoisotopic (exact) mass is 286 g/mol. The summed E-state index contributed by atoms with van der Waals surface area (Å²) in [5, 5.41) is 0. The van der Waals surface area contributed by atoms with Gasteiger partial charge in [0.25, 0.3) is 0 Å². The molecule has 1 aliphatic heterocycles. The molecule has 0 spiro atoms. The van der Waals surface area contributed by atoms with E-state index in [0.717, 1.165) is 25.9 Å². The van der Waals surface area contributed by atoms with Crippen LogP contribution in [-0.2, 0) is 9.59 Å². The summed E-state index contributed by atoms with van der Waals surface area (Å²) in [7, 11) is 0. The fraction of sp³-hybridized carbons (Fsp3) is 0.529. The molecule has 1 aromatic carbocycles. The van der Waals surface area contributed by atoms with Crippen LogP contribution in [0.4, 0.5) is 0 Å². The van der Waals surface area contributed by atoms with E-state index < -0.39 is 0 Å². The average molecular weight is 286 g/mol. The first-order chi connectivity index (χ1) is 10.2. The maximum atomic E-state index is 12.6. The van der Waals surface area contributed by atoms with Gasteiger partial charge in [0.05, 0.1) is 0 Å². The number of carbonyl (C=O) groups is 2. The summed E-state index contributed by atoms with van der Waals surface area (Å²) in [4.78, 5) is 27.8. The molecule has 2 atom stereocenters. The molecule has 3 rings (SSSR count). The zero-order valence-corrected chi connectivity index (χ0v) is 12.5. The highest BCUT2D eigenvalue weighted by atomic mass is 16.2. The molecule has 0 N–H and O–H groups in total. The Bertz CT molecular complexity index is 529. The summed E-state index contributed by atoms with van der Waals surface area (Å²) < 4.78 is 0. The lowest BCUT2D eigenvalue weighted by Gasteiger charge is -2.21. The number of carbonyl (C=O) groups excluding carboxylic acids is 2. The van der Waals surface area contributed by atoms with Gasteiger partial charge in [-0.05, 0) is 24.3 Å². The van der Waals surface area contributed by atoms with Crippen molar-refractivity contribution in [2.24, 2.45) is 5.92 Å². The smallest absolute Gasteiger partial charge is 0.226 e. The number of amides is 2. The predicted octanol–water partition coefficient (Wildman–Crippen LogP) is 1.87. The van der Waals surface area contributed by atoms with Crippen molar-refractivity contribution < 1.29 is 9.59 Å². The Balaban J connectivity index is 1.58. The molecule has 1 aliphatic carbocycles. The normalized spacial score (nSPS) is 25.4. The summed E-state index contributed by atoms with van der Waals surface area (Å²) in [5.74, 6) is 0.925. The number of rotatable bonds is 2. The highest BCUT2D eigenvalue weighted by molar-refractivity contribution is 5.83. The molecule has 1 heterocycles. The van der Waals surface area contributed by atoms with Crippen LogP contribution in [0.5, 0.6) is 0 Å². The van der Waals surface area contributed by atoms with E-state index >= 15 is 0 Å². The van der Waals surface area contributed by atoms with Gasteiger partial charge in [0.2, 0.25) is 11.8 Å². The number of hydrogen-bond acceptors (Lipinski definition) is 2. The van der Waals surface area contributed by atoms with Gasteiger partial charge in [0, 0.05) is 39.0 Å². The molecule has 1 aromatic rings. The second kappa shape index (κ2) is 5.88. The van der Waals surface area contributed by atoms with E-state index in [1.807, 2.05) is 28.0 Å². The van der Waals surface area contributed by atoms with E-state index in [1.54, 1.807) is 6.92 Å². The van der Waals surface area contributed by atoms with Gasteiger partial charge < -0.3 is 9.80 Å². The Hall–Kier alpha value is -1.84. The molecule has 2 fully saturated rings. The number of nitrogens with zero attached hydrogens (tertiary/aromatic N) is 2. The first-order valence-corrected chi connectivity index (χ1v) is 7.76. The zero-order chi connectivity index (χ0) is 14.8. The molecule has 0 aromatic heterocycles.